The Labute approximate surface area is 116 Å². The van der Waals surface area contributed by atoms with Crippen molar-refractivity contribution >= 4 is 17.4 Å². The first-order chi connectivity index (χ1) is 9.31. The number of nitrogens with zero attached hydrogens (tertiary/aromatic N) is 3. The van der Waals surface area contributed by atoms with Crippen LogP contribution in [0, 0.1) is 0 Å². The van der Waals surface area contributed by atoms with Crippen molar-refractivity contribution in [2.45, 2.75) is 32.2 Å². The Balaban J connectivity index is 1.67. The molecule has 102 valence electrons. The Kier molecular flexibility index (Phi) is 3.79. The molecule has 0 spiro atoms. The highest BCUT2D eigenvalue weighted by molar-refractivity contribution is 7.15. The monoisotopic (exact) mass is 278 g/mol. The van der Waals surface area contributed by atoms with Crippen molar-refractivity contribution in [2.24, 2.45) is 0 Å². The minimum absolute atomic E-state index is 0.123. The summed E-state index contributed by atoms with van der Waals surface area (Å²) in [5.41, 5.74) is 5.45. The molecular formula is C13H18N4OS. The average molecular weight is 278 g/mol. The summed E-state index contributed by atoms with van der Waals surface area (Å²) in [6.45, 7) is 3.45. The minimum atomic E-state index is 0.123. The van der Waals surface area contributed by atoms with E-state index in [1.165, 1.54) is 43.6 Å². The lowest BCUT2D eigenvalue weighted by atomic mass is 10.2. The van der Waals surface area contributed by atoms with E-state index in [0.29, 0.717) is 5.82 Å². The Morgan fingerprint density at radius 3 is 2.68 bits per heavy atom. The Morgan fingerprint density at radius 1 is 1.21 bits per heavy atom. The molecule has 3 heterocycles. The van der Waals surface area contributed by atoms with Crippen LogP contribution in [0.2, 0.25) is 0 Å². The number of anilines is 1. The molecule has 0 aromatic carbocycles. The fraction of sp³-hybridized carbons (Fsp3) is 0.538. The van der Waals surface area contributed by atoms with Crippen molar-refractivity contribution < 1.29 is 4.52 Å². The molecule has 0 saturated carbocycles. The SMILES string of the molecule is Nc1nc(-c2ccc(CN3CCCCCC3)s2)no1. The molecule has 0 amide bonds. The molecule has 0 radical (unpaired) electrons. The molecule has 3 rings (SSSR count). The summed E-state index contributed by atoms with van der Waals surface area (Å²) in [6.07, 6.45) is 5.38. The largest absolute Gasteiger partial charge is 0.351 e. The molecule has 2 aromatic rings. The highest BCUT2D eigenvalue weighted by atomic mass is 32.1. The van der Waals surface area contributed by atoms with Gasteiger partial charge in [-0.05, 0) is 38.1 Å². The van der Waals surface area contributed by atoms with Crippen LogP contribution in [0.1, 0.15) is 30.6 Å². The van der Waals surface area contributed by atoms with Gasteiger partial charge in [0.05, 0.1) is 4.88 Å². The van der Waals surface area contributed by atoms with E-state index in [4.69, 9.17) is 10.3 Å². The maximum atomic E-state index is 5.45. The summed E-state index contributed by atoms with van der Waals surface area (Å²) in [5.74, 6) is 0.588. The second-order valence-corrected chi connectivity index (χ2v) is 6.08. The number of nitrogens with two attached hydrogens (primary N) is 1. The Morgan fingerprint density at radius 2 is 2.00 bits per heavy atom. The molecule has 2 aromatic heterocycles. The fourth-order valence-corrected chi connectivity index (χ4v) is 3.41. The standard InChI is InChI=1S/C13H18N4OS/c14-13-15-12(16-18-13)11-6-5-10(19-11)9-17-7-3-1-2-4-8-17/h5-6H,1-4,7-9H2,(H2,14,15,16). The minimum Gasteiger partial charge on any atom is -0.351 e. The smallest absolute Gasteiger partial charge is 0.319 e. The summed E-state index contributed by atoms with van der Waals surface area (Å²) in [4.78, 5) is 8.95. The van der Waals surface area contributed by atoms with E-state index >= 15 is 0 Å². The van der Waals surface area contributed by atoms with Crippen LogP contribution >= 0.6 is 11.3 Å². The van der Waals surface area contributed by atoms with Crippen LogP contribution < -0.4 is 5.73 Å². The van der Waals surface area contributed by atoms with E-state index in [1.807, 2.05) is 6.07 Å². The second-order valence-electron chi connectivity index (χ2n) is 4.91. The summed E-state index contributed by atoms with van der Waals surface area (Å²) in [6, 6.07) is 4.32. The molecule has 1 fully saturated rings. The molecule has 1 saturated heterocycles. The third-order valence-corrected chi connectivity index (χ3v) is 4.47. The highest BCUT2D eigenvalue weighted by Gasteiger charge is 2.13. The topological polar surface area (TPSA) is 68.2 Å². The summed E-state index contributed by atoms with van der Waals surface area (Å²) >= 11 is 1.72. The molecule has 5 nitrogen and oxygen atoms in total. The zero-order valence-corrected chi connectivity index (χ0v) is 11.7. The zero-order valence-electron chi connectivity index (χ0n) is 10.8. The van der Waals surface area contributed by atoms with Gasteiger partial charge in [-0.25, -0.2) is 0 Å². The Hall–Kier alpha value is -1.40. The third kappa shape index (κ3) is 3.13. The predicted octanol–water partition coefficient (Wildman–Crippen LogP) is 2.76. The van der Waals surface area contributed by atoms with Crippen molar-refractivity contribution in [2.75, 3.05) is 18.8 Å². The normalized spacial score (nSPS) is 17.5. The molecule has 0 aliphatic carbocycles. The number of hydrogen-bond donors (Lipinski definition) is 1. The average Bonchev–Trinajstić information content (AvgIpc) is 2.94. The van der Waals surface area contributed by atoms with Crippen LogP contribution in [0.25, 0.3) is 10.7 Å². The molecule has 19 heavy (non-hydrogen) atoms. The summed E-state index contributed by atoms with van der Waals surface area (Å²) < 4.78 is 4.81. The van der Waals surface area contributed by atoms with Crippen molar-refractivity contribution in [1.29, 1.82) is 0 Å². The quantitative estimate of drug-likeness (QED) is 0.935. The third-order valence-electron chi connectivity index (χ3n) is 3.40. The van der Waals surface area contributed by atoms with Crippen LogP contribution in [0.15, 0.2) is 16.7 Å². The number of aromatic nitrogens is 2. The highest BCUT2D eigenvalue weighted by Crippen LogP contribution is 2.27. The van der Waals surface area contributed by atoms with Gasteiger partial charge in [0, 0.05) is 11.4 Å². The van der Waals surface area contributed by atoms with Gasteiger partial charge in [-0.15, -0.1) is 11.3 Å². The van der Waals surface area contributed by atoms with Crippen molar-refractivity contribution in [3.8, 4) is 10.7 Å². The van der Waals surface area contributed by atoms with Gasteiger partial charge >= 0.3 is 6.01 Å². The number of thiophene rings is 1. The fourth-order valence-electron chi connectivity index (χ4n) is 2.43. The predicted molar refractivity (Wildman–Crippen MR) is 75.8 cm³/mol. The van der Waals surface area contributed by atoms with Crippen molar-refractivity contribution in [1.82, 2.24) is 15.0 Å². The molecule has 2 N–H and O–H groups in total. The summed E-state index contributed by atoms with van der Waals surface area (Å²) in [7, 11) is 0. The first kappa shape index (κ1) is 12.6. The van der Waals surface area contributed by atoms with Gasteiger partial charge in [-0.2, -0.15) is 4.98 Å². The Bertz CT molecular complexity index is 528. The lowest BCUT2D eigenvalue weighted by Crippen LogP contribution is -2.23. The number of hydrogen-bond acceptors (Lipinski definition) is 6. The number of rotatable bonds is 3. The molecular weight excluding hydrogens is 260 g/mol. The van der Waals surface area contributed by atoms with Crippen LogP contribution in [0.3, 0.4) is 0 Å². The maximum absolute atomic E-state index is 5.45. The maximum Gasteiger partial charge on any atom is 0.319 e. The first-order valence-electron chi connectivity index (χ1n) is 6.72. The first-order valence-corrected chi connectivity index (χ1v) is 7.53. The van der Waals surface area contributed by atoms with E-state index < -0.39 is 0 Å². The number of nitrogen functional groups attached to an aromatic ring is 1. The number of likely N-dealkylation sites (tertiary alicyclic amines) is 1. The van der Waals surface area contributed by atoms with Gasteiger partial charge < -0.3 is 10.3 Å². The lowest BCUT2D eigenvalue weighted by Gasteiger charge is -2.18. The molecule has 1 aliphatic rings. The van der Waals surface area contributed by atoms with Crippen LogP contribution in [-0.4, -0.2) is 28.1 Å². The van der Waals surface area contributed by atoms with Gasteiger partial charge in [0.1, 0.15) is 0 Å². The van der Waals surface area contributed by atoms with Gasteiger partial charge in [0.2, 0.25) is 5.82 Å². The van der Waals surface area contributed by atoms with Gasteiger partial charge in [-0.1, -0.05) is 18.0 Å². The molecule has 0 bridgehead atoms. The van der Waals surface area contributed by atoms with E-state index in [9.17, 15) is 0 Å². The molecule has 1 aliphatic heterocycles. The van der Waals surface area contributed by atoms with Gasteiger partial charge in [0.25, 0.3) is 0 Å². The van der Waals surface area contributed by atoms with Crippen LogP contribution in [-0.2, 0) is 6.54 Å². The lowest BCUT2D eigenvalue weighted by molar-refractivity contribution is 0.279. The molecule has 0 unspecified atom stereocenters. The van der Waals surface area contributed by atoms with E-state index in [0.717, 1.165) is 11.4 Å². The van der Waals surface area contributed by atoms with E-state index in [2.05, 4.69) is 21.1 Å². The van der Waals surface area contributed by atoms with Crippen LogP contribution in [0.4, 0.5) is 6.01 Å². The summed E-state index contributed by atoms with van der Waals surface area (Å²) in [5, 5.41) is 3.85. The van der Waals surface area contributed by atoms with Crippen molar-refractivity contribution in [3.63, 3.8) is 0 Å². The van der Waals surface area contributed by atoms with Crippen LogP contribution in [0.5, 0.6) is 0 Å². The van der Waals surface area contributed by atoms with E-state index in [-0.39, 0.29) is 6.01 Å². The van der Waals surface area contributed by atoms with E-state index in [1.54, 1.807) is 11.3 Å². The van der Waals surface area contributed by atoms with Gasteiger partial charge in [-0.3, -0.25) is 4.90 Å². The second kappa shape index (κ2) is 5.71. The zero-order chi connectivity index (χ0) is 13.1. The van der Waals surface area contributed by atoms with Crippen molar-refractivity contribution in [3.05, 3.63) is 17.0 Å². The van der Waals surface area contributed by atoms with Gasteiger partial charge in [0.15, 0.2) is 0 Å². The molecule has 0 atom stereocenters. The molecule has 6 heteroatoms.